The minimum Gasteiger partial charge on any atom is -0.396 e. The second kappa shape index (κ2) is 7.16. The Morgan fingerprint density at radius 2 is 2.03 bits per heavy atom. The number of aromatic nitrogens is 4. The van der Waals surface area contributed by atoms with Gasteiger partial charge in [0.2, 0.25) is 5.91 Å². The van der Waals surface area contributed by atoms with Crippen LogP contribution in [0.5, 0.6) is 0 Å². The molecule has 1 saturated carbocycles. The van der Waals surface area contributed by atoms with E-state index in [1.165, 1.54) is 6.20 Å². The van der Waals surface area contributed by atoms with Crippen LogP contribution in [0, 0.1) is 24.6 Å². The SMILES string of the molecule is Cc1ccncc1-c1cc2cc(NC(=O)[C@H]3C(c4cnc[nH]4)[C@@H]3C)ncc2c(N)c1F. The number of carbonyl (C=O) groups is 1. The molecule has 3 atom stereocenters. The number of nitrogens with one attached hydrogen (secondary N) is 2. The minimum atomic E-state index is -0.503. The lowest BCUT2D eigenvalue weighted by molar-refractivity contribution is -0.117. The summed E-state index contributed by atoms with van der Waals surface area (Å²) in [4.78, 5) is 28.3. The van der Waals surface area contributed by atoms with Crippen LogP contribution < -0.4 is 11.1 Å². The van der Waals surface area contributed by atoms with Gasteiger partial charge in [-0.25, -0.2) is 14.4 Å². The standard InChI is InChI=1S/C23H21FN6O/c1-11-3-4-26-7-15(11)14-5-13-6-18(28-8-16(13)22(25)21(14)24)30-23(31)20-12(2)19(20)17-9-27-10-29-17/h3-10,12,19-20H,25H2,1-2H3,(H,27,29)(H,28,30,31)/t12-,19?,20+/m0/s1. The highest BCUT2D eigenvalue weighted by atomic mass is 19.1. The van der Waals surface area contributed by atoms with E-state index in [9.17, 15) is 9.18 Å². The summed E-state index contributed by atoms with van der Waals surface area (Å²) in [6.07, 6.45) is 8.14. The van der Waals surface area contributed by atoms with Crippen LogP contribution in [0.15, 0.2) is 49.3 Å². The van der Waals surface area contributed by atoms with E-state index in [0.29, 0.717) is 27.7 Å². The van der Waals surface area contributed by atoms with Gasteiger partial charge in [0.25, 0.3) is 0 Å². The minimum absolute atomic E-state index is 0.0243. The van der Waals surface area contributed by atoms with E-state index in [0.717, 1.165) is 11.3 Å². The molecule has 0 bridgehead atoms. The van der Waals surface area contributed by atoms with E-state index < -0.39 is 5.82 Å². The largest absolute Gasteiger partial charge is 0.396 e. The zero-order valence-corrected chi connectivity index (χ0v) is 17.1. The maximum Gasteiger partial charge on any atom is 0.229 e. The van der Waals surface area contributed by atoms with Gasteiger partial charge in [-0.05, 0) is 42.0 Å². The molecular weight excluding hydrogens is 395 g/mol. The van der Waals surface area contributed by atoms with E-state index in [2.05, 4.69) is 25.3 Å². The van der Waals surface area contributed by atoms with Crippen molar-refractivity contribution in [3.63, 3.8) is 0 Å². The second-order valence-corrected chi connectivity index (χ2v) is 8.04. The van der Waals surface area contributed by atoms with Crippen LogP contribution in [0.25, 0.3) is 21.9 Å². The number of amides is 1. The number of carbonyl (C=O) groups excluding carboxylic acids is 1. The van der Waals surface area contributed by atoms with Gasteiger partial charge in [0.1, 0.15) is 5.82 Å². The summed E-state index contributed by atoms with van der Waals surface area (Å²) in [5, 5.41) is 4.08. The van der Waals surface area contributed by atoms with Crippen molar-refractivity contribution >= 4 is 28.2 Å². The third kappa shape index (κ3) is 3.20. The summed E-state index contributed by atoms with van der Waals surface area (Å²) in [5.41, 5.74) is 8.99. The summed E-state index contributed by atoms with van der Waals surface area (Å²) < 4.78 is 15.0. The molecule has 4 aromatic rings. The highest BCUT2D eigenvalue weighted by Crippen LogP contribution is 2.53. The number of pyridine rings is 2. The number of H-pyrrole nitrogens is 1. The molecule has 1 aromatic carbocycles. The van der Waals surface area contributed by atoms with Crippen molar-refractivity contribution in [1.82, 2.24) is 19.9 Å². The lowest BCUT2D eigenvalue weighted by atomic mass is 9.98. The van der Waals surface area contributed by atoms with Crippen LogP contribution >= 0.6 is 0 Å². The molecule has 1 amide bonds. The Balaban J connectivity index is 1.47. The number of hydrogen-bond donors (Lipinski definition) is 3. The van der Waals surface area contributed by atoms with E-state index in [1.807, 2.05) is 19.9 Å². The van der Waals surface area contributed by atoms with Crippen molar-refractivity contribution in [2.24, 2.45) is 11.8 Å². The quantitative estimate of drug-likeness (QED) is 0.435. The number of aromatic amines is 1. The third-order valence-electron chi connectivity index (χ3n) is 6.14. The fourth-order valence-corrected chi connectivity index (χ4v) is 4.31. The molecule has 0 saturated heterocycles. The van der Waals surface area contributed by atoms with Gasteiger partial charge in [-0.15, -0.1) is 0 Å². The van der Waals surface area contributed by atoms with Gasteiger partial charge in [-0.3, -0.25) is 9.78 Å². The molecule has 0 aliphatic heterocycles. The van der Waals surface area contributed by atoms with Gasteiger partial charge in [0, 0.05) is 52.9 Å². The molecule has 1 fully saturated rings. The van der Waals surface area contributed by atoms with Crippen LogP contribution in [0.2, 0.25) is 0 Å². The number of nitrogens with zero attached hydrogens (tertiary/aromatic N) is 3. The van der Waals surface area contributed by atoms with Crippen molar-refractivity contribution in [2.45, 2.75) is 19.8 Å². The van der Waals surface area contributed by atoms with Gasteiger partial charge in [-0.1, -0.05) is 6.92 Å². The van der Waals surface area contributed by atoms with Gasteiger partial charge in [0.05, 0.1) is 17.9 Å². The van der Waals surface area contributed by atoms with Crippen molar-refractivity contribution < 1.29 is 9.18 Å². The molecule has 156 valence electrons. The summed E-state index contributed by atoms with van der Waals surface area (Å²) >= 11 is 0. The van der Waals surface area contributed by atoms with Crippen LogP contribution in [0.4, 0.5) is 15.9 Å². The number of fused-ring (bicyclic) bond motifs is 1. The number of aryl methyl sites for hydroxylation is 1. The normalized spacial score (nSPS) is 20.0. The molecule has 31 heavy (non-hydrogen) atoms. The average Bonchev–Trinajstić information content (AvgIpc) is 3.16. The zero-order valence-electron chi connectivity index (χ0n) is 17.1. The van der Waals surface area contributed by atoms with Crippen LogP contribution in [0.1, 0.15) is 24.1 Å². The topological polar surface area (TPSA) is 110 Å². The van der Waals surface area contributed by atoms with E-state index in [-0.39, 0.29) is 29.3 Å². The first-order valence-electron chi connectivity index (χ1n) is 10.0. The molecule has 7 nitrogen and oxygen atoms in total. The van der Waals surface area contributed by atoms with Crippen LogP contribution in [-0.4, -0.2) is 25.8 Å². The molecule has 3 heterocycles. The molecule has 5 rings (SSSR count). The van der Waals surface area contributed by atoms with Crippen molar-refractivity contribution in [1.29, 1.82) is 0 Å². The number of imidazole rings is 1. The summed E-state index contributed by atoms with van der Waals surface area (Å²) in [6.45, 7) is 3.93. The number of nitrogens with two attached hydrogens (primary N) is 1. The fourth-order valence-electron chi connectivity index (χ4n) is 4.31. The Morgan fingerprint density at radius 3 is 2.77 bits per heavy atom. The van der Waals surface area contributed by atoms with E-state index >= 15 is 0 Å². The Hall–Kier alpha value is -3.81. The average molecular weight is 416 g/mol. The first kappa shape index (κ1) is 19.2. The molecule has 4 N–H and O–H groups in total. The maximum absolute atomic E-state index is 15.0. The van der Waals surface area contributed by atoms with Gasteiger partial charge in [0.15, 0.2) is 5.82 Å². The first-order valence-corrected chi connectivity index (χ1v) is 10.0. The molecule has 0 spiro atoms. The predicted octanol–water partition coefficient (Wildman–Crippen LogP) is 4.04. The molecule has 1 unspecified atom stereocenters. The van der Waals surface area contributed by atoms with Gasteiger partial charge < -0.3 is 16.0 Å². The third-order valence-corrected chi connectivity index (χ3v) is 6.14. The summed E-state index contributed by atoms with van der Waals surface area (Å²) in [6, 6.07) is 5.26. The number of halogens is 1. The number of hydrogen-bond acceptors (Lipinski definition) is 5. The first-order chi connectivity index (χ1) is 15.0. The second-order valence-electron chi connectivity index (χ2n) is 8.04. The summed E-state index contributed by atoms with van der Waals surface area (Å²) in [7, 11) is 0. The molecule has 8 heteroatoms. The Labute approximate surface area is 177 Å². The number of nitrogen functional groups attached to an aromatic ring is 1. The lowest BCUT2D eigenvalue weighted by Crippen LogP contribution is -2.16. The van der Waals surface area contributed by atoms with E-state index in [1.54, 1.807) is 37.1 Å². The zero-order chi connectivity index (χ0) is 21.7. The maximum atomic E-state index is 15.0. The highest BCUT2D eigenvalue weighted by molar-refractivity contribution is 6.00. The van der Waals surface area contributed by atoms with Crippen LogP contribution in [0.3, 0.4) is 0 Å². The fraction of sp³-hybridized carbons (Fsp3) is 0.217. The van der Waals surface area contributed by atoms with E-state index in [4.69, 9.17) is 5.73 Å². The van der Waals surface area contributed by atoms with Gasteiger partial charge in [-0.2, -0.15) is 0 Å². The molecule has 1 aliphatic rings. The molecule has 3 aromatic heterocycles. The number of benzene rings is 1. The Morgan fingerprint density at radius 1 is 1.19 bits per heavy atom. The number of rotatable bonds is 4. The Kier molecular flexibility index (Phi) is 4.43. The molecule has 1 aliphatic carbocycles. The lowest BCUT2D eigenvalue weighted by Gasteiger charge is -2.12. The molecule has 0 radical (unpaired) electrons. The van der Waals surface area contributed by atoms with Crippen molar-refractivity contribution in [2.75, 3.05) is 11.1 Å². The van der Waals surface area contributed by atoms with Gasteiger partial charge >= 0.3 is 0 Å². The number of anilines is 2. The van der Waals surface area contributed by atoms with Crippen molar-refractivity contribution in [3.8, 4) is 11.1 Å². The van der Waals surface area contributed by atoms with Crippen LogP contribution in [-0.2, 0) is 4.79 Å². The molecular formula is C23H21FN6O. The highest BCUT2D eigenvalue weighted by Gasteiger charge is 2.53. The predicted molar refractivity (Wildman–Crippen MR) is 117 cm³/mol. The van der Waals surface area contributed by atoms with Crippen molar-refractivity contribution in [3.05, 3.63) is 66.4 Å². The smallest absolute Gasteiger partial charge is 0.229 e. The summed E-state index contributed by atoms with van der Waals surface area (Å²) in [5.74, 6) is -0.0166. The Bertz CT molecular complexity index is 1300. The monoisotopic (exact) mass is 416 g/mol.